The van der Waals surface area contributed by atoms with E-state index < -0.39 is 5.60 Å². The van der Waals surface area contributed by atoms with Crippen LogP contribution in [0.1, 0.15) is 32.8 Å². The van der Waals surface area contributed by atoms with Crippen LogP contribution in [0, 0.1) is 0 Å². The van der Waals surface area contributed by atoms with E-state index in [-0.39, 0.29) is 12.6 Å². The van der Waals surface area contributed by atoms with Gasteiger partial charge in [0.15, 0.2) is 0 Å². The summed E-state index contributed by atoms with van der Waals surface area (Å²) in [6.07, 6.45) is 1.95. The number of anilines is 1. The van der Waals surface area contributed by atoms with Gasteiger partial charge in [0.1, 0.15) is 12.2 Å². The molecular formula is C21H35NO6. The van der Waals surface area contributed by atoms with Crippen molar-refractivity contribution in [3.05, 3.63) is 29.8 Å². The van der Waals surface area contributed by atoms with Crippen molar-refractivity contribution in [1.29, 1.82) is 0 Å². The zero-order valence-corrected chi connectivity index (χ0v) is 17.4. The topological polar surface area (TPSA) is 89.2 Å². The summed E-state index contributed by atoms with van der Waals surface area (Å²) in [5.74, 6) is -0.371. The van der Waals surface area contributed by atoms with Crippen LogP contribution in [0.3, 0.4) is 0 Å². The summed E-state index contributed by atoms with van der Waals surface area (Å²) in [7, 11) is 0. The van der Waals surface area contributed by atoms with Crippen molar-refractivity contribution in [1.82, 2.24) is 0 Å². The fourth-order valence-electron chi connectivity index (χ4n) is 2.25. The average Bonchev–Trinajstić information content (AvgIpc) is 2.62. The molecule has 2 N–H and O–H groups in total. The lowest BCUT2D eigenvalue weighted by Gasteiger charge is -2.19. The van der Waals surface area contributed by atoms with Gasteiger partial charge in [-0.2, -0.15) is 0 Å². The van der Waals surface area contributed by atoms with E-state index in [2.05, 4.69) is 0 Å². The second-order valence-electron chi connectivity index (χ2n) is 7.32. The lowest BCUT2D eigenvalue weighted by molar-refractivity contribution is -0.160. The van der Waals surface area contributed by atoms with Gasteiger partial charge < -0.3 is 29.4 Å². The third-order valence-corrected chi connectivity index (χ3v) is 3.49. The second kappa shape index (κ2) is 14.3. The summed E-state index contributed by atoms with van der Waals surface area (Å²) in [6, 6.07) is 7.92. The van der Waals surface area contributed by atoms with E-state index in [9.17, 15) is 4.79 Å². The molecule has 28 heavy (non-hydrogen) atoms. The monoisotopic (exact) mass is 397 g/mol. The van der Waals surface area contributed by atoms with E-state index in [1.807, 2.05) is 45.0 Å². The van der Waals surface area contributed by atoms with Crippen LogP contribution in [0.25, 0.3) is 0 Å². The minimum atomic E-state index is -0.491. The Morgan fingerprint density at radius 2 is 1.32 bits per heavy atom. The number of carbonyl (C=O) groups is 1. The first-order chi connectivity index (χ1) is 13.4. The first-order valence-corrected chi connectivity index (χ1v) is 9.74. The van der Waals surface area contributed by atoms with Crippen LogP contribution in [0.15, 0.2) is 24.3 Å². The first kappa shape index (κ1) is 24.4. The van der Waals surface area contributed by atoms with Crippen LogP contribution in [0.4, 0.5) is 5.69 Å². The molecule has 0 aliphatic rings. The van der Waals surface area contributed by atoms with Gasteiger partial charge >= 0.3 is 5.97 Å². The standard InChI is InChI=1S/C21H35NO6/c1-21(2,3)28-20(23)17-27-16-15-26-14-13-25-12-11-24-10-4-5-18-6-8-19(22)9-7-18/h6-9H,4-5,10-17,22H2,1-3H3. The Kier molecular flexibility index (Phi) is 12.5. The Balaban J connectivity index is 1.79. The number of aryl methyl sites for hydroxylation is 1. The van der Waals surface area contributed by atoms with Crippen LogP contribution in [0.5, 0.6) is 0 Å². The van der Waals surface area contributed by atoms with Gasteiger partial charge in [-0.25, -0.2) is 4.79 Å². The molecule has 7 heteroatoms. The van der Waals surface area contributed by atoms with Crippen LogP contribution >= 0.6 is 0 Å². The fourth-order valence-corrected chi connectivity index (χ4v) is 2.25. The highest BCUT2D eigenvalue weighted by atomic mass is 16.6. The molecular weight excluding hydrogens is 362 g/mol. The quantitative estimate of drug-likeness (QED) is 0.276. The zero-order chi connectivity index (χ0) is 20.7. The van der Waals surface area contributed by atoms with Crippen LogP contribution in [0.2, 0.25) is 0 Å². The fraction of sp³-hybridized carbons (Fsp3) is 0.667. The maximum Gasteiger partial charge on any atom is 0.332 e. The second-order valence-corrected chi connectivity index (χ2v) is 7.32. The maximum atomic E-state index is 11.4. The smallest absolute Gasteiger partial charge is 0.332 e. The Morgan fingerprint density at radius 1 is 0.821 bits per heavy atom. The van der Waals surface area contributed by atoms with E-state index in [1.165, 1.54) is 5.56 Å². The summed E-state index contributed by atoms with van der Waals surface area (Å²) in [4.78, 5) is 11.4. The third kappa shape index (κ3) is 14.4. The molecule has 0 atom stereocenters. The summed E-state index contributed by atoms with van der Waals surface area (Å²) < 4.78 is 26.7. The molecule has 0 bridgehead atoms. The Hall–Kier alpha value is -1.67. The van der Waals surface area contributed by atoms with Crippen molar-refractivity contribution in [3.63, 3.8) is 0 Å². The van der Waals surface area contributed by atoms with E-state index in [1.54, 1.807) is 0 Å². The average molecular weight is 398 g/mol. The van der Waals surface area contributed by atoms with Gasteiger partial charge in [-0.3, -0.25) is 0 Å². The van der Waals surface area contributed by atoms with Crippen molar-refractivity contribution in [2.75, 3.05) is 58.6 Å². The van der Waals surface area contributed by atoms with Gasteiger partial charge in [0.2, 0.25) is 0 Å². The third-order valence-electron chi connectivity index (χ3n) is 3.49. The molecule has 7 nitrogen and oxygen atoms in total. The van der Waals surface area contributed by atoms with E-state index >= 15 is 0 Å². The molecule has 0 saturated heterocycles. The molecule has 0 unspecified atom stereocenters. The Bertz CT molecular complexity index is 527. The Labute approximate surface area is 168 Å². The number of rotatable bonds is 15. The highest BCUT2D eigenvalue weighted by Gasteiger charge is 2.15. The van der Waals surface area contributed by atoms with Gasteiger partial charge in [0, 0.05) is 12.3 Å². The molecule has 0 radical (unpaired) electrons. The number of carbonyl (C=O) groups excluding carboxylic acids is 1. The van der Waals surface area contributed by atoms with E-state index in [4.69, 9.17) is 29.4 Å². The van der Waals surface area contributed by atoms with E-state index in [0.717, 1.165) is 18.5 Å². The van der Waals surface area contributed by atoms with Crippen molar-refractivity contribution in [2.24, 2.45) is 0 Å². The minimum absolute atomic E-state index is 0.0627. The summed E-state index contributed by atoms with van der Waals surface area (Å²) >= 11 is 0. The van der Waals surface area contributed by atoms with Crippen LogP contribution in [-0.2, 0) is 34.9 Å². The number of ether oxygens (including phenoxy) is 5. The number of hydrogen-bond acceptors (Lipinski definition) is 7. The molecule has 0 aliphatic heterocycles. The molecule has 0 amide bonds. The largest absolute Gasteiger partial charge is 0.458 e. The number of esters is 1. The zero-order valence-electron chi connectivity index (χ0n) is 17.4. The molecule has 1 aromatic carbocycles. The lowest BCUT2D eigenvalue weighted by Crippen LogP contribution is -2.27. The first-order valence-electron chi connectivity index (χ1n) is 9.74. The molecule has 0 fully saturated rings. The van der Waals surface area contributed by atoms with Crippen molar-refractivity contribution in [2.45, 2.75) is 39.2 Å². The van der Waals surface area contributed by atoms with Crippen LogP contribution < -0.4 is 5.73 Å². The van der Waals surface area contributed by atoms with Gasteiger partial charge in [0.05, 0.1) is 39.6 Å². The normalized spacial score (nSPS) is 11.5. The van der Waals surface area contributed by atoms with Gasteiger partial charge in [-0.05, 0) is 51.3 Å². The SMILES string of the molecule is CC(C)(C)OC(=O)COCCOCCOCCOCCCc1ccc(N)cc1. The molecule has 0 spiro atoms. The number of nitrogens with two attached hydrogens (primary N) is 1. The molecule has 0 aliphatic carbocycles. The molecule has 1 rings (SSSR count). The van der Waals surface area contributed by atoms with Crippen LogP contribution in [-0.4, -0.2) is 64.4 Å². The van der Waals surface area contributed by atoms with Gasteiger partial charge in [0.25, 0.3) is 0 Å². The minimum Gasteiger partial charge on any atom is -0.458 e. The summed E-state index contributed by atoms with van der Waals surface area (Å²) in [6.45, 7) is 8.95. The number of nitrogen functional groups attached to an aromatic ring is 1. The lowest BCUT2D eigenvalue weighted by atomic mass is 10.1. The van der Waals surface area contributed by atoms with Crippen molar-refractivity contribution < 1.29 is 28.5 Å². The highest BCUT2D eigenvalue weighted by molar-refractivity contribution is 5.71. The van der Waals surface area contributed by atoms with Crippen molar-refractivity contribution >= 4 is 11.7 Å². The number of hydrogen-bond donors (Lipinski definition) is 1. The predicted molar refractivity (Wildman–Crippen MR) is 108 cm³/mol. The number of benzene rings is 1. The summed E-state index contributed by atoms with van der Waals surface area (Å²) in [5, 5.41) is 0. The molecule has 160 valence electrons. The van der Waals surface area contributed by atoms with E-state index in [0.29, 0.717) is 46.2 Å². The maximum absolute atomic E-state index is 11.4. The molecule has 0 heterocycles. The van der Waals surface area contributed by atoms with Gasteiger partial charge in [-0.1, -0.05) is 12.1 Å². The van der Waals surface area contributed by atoms with Gasteiger partial charge in [-0.15, -0.1) is 0 Å². The molecule has 0 aromatic heterocycles. The Morgan fingerprint density at radius 3 is 1.86 bits per heavy atom. The molecule has 1 aromatic rings. The molecule has 0 saturated carbocycles. The predicted octanol–water partition coefficient (Wildman–Crippen LogP) is 2.61. The van der Waals surface area contributed by atoms with Crippen molar-refractivity contribution in [3.8, 4) is 0 Å². The highest BCUT2D eigenvalue weighted by Crippen LogP contribution is 2.08. The summed E-state index contributed by atoms with van der Waals surface area (Å²) in [5.41, 5.74) is 7.22.